The maximum absolute atomic E-state index is 8.56. The van der Waals surface area contributed by atoms with Crippen LogP contribution in [0.4, 0.5) is 4.79 Å². The molecule has 0 aliphatic heterocycles. The van der Waals surface area contributed by atoms with Gasteiger partial charge < -0.3 is 14.9 Å². The molecule has 1 aliphatic rings. The van der Waals surface area contributed by atoms with Crippen molar-refractivity contribution in [2.75, 3.05) is 0 Å². The smallest absolute Gasteiger partial charge is 0.460 e. The van der Waals surface area contributed by atoms with Crippen molar-refractivity contribution in [1.82, 2.24) is 9.97 Å². The Kier molecular flexibility index (Phi) is 7.16. The number of carboxylic acid groups (broad SMARTS) is 2. The van der Waals surface area contributed by atoms with Crippen molar-refractivity contribution in [2.45, 2.75) is 38.2 Å². The molecule has 4 rings (SSSR count). The second kappa shape index (κ2) is 10.2. The molecule has 2 N–H and O–H groups in total. The molecule has 1 aromatic heterocycles. The molecule has 0 atom stereocenters. The molecule has 0 unspecified atom stereocenters. The molecule has 29 heavy (non-hydrogen) atoms. The number of hydrogen-bond acceptors (Lipinski definition) is 4. The average Bonchev–Trinajstić information content (AvgIpc) is 2.75. The third kappa shape index (κ3) is 6.04. The molecule has 2 aromatic carbocycles. The molecule has 1 saturated carbocycles. The maximum atomic E-state index is 8.56. The molecular formula is C23H24N2O4. The molecule has 1 aliphatic carbocycles. The minimum atomic E-state index is -1.83. The van der Waals surface area contributed by atoms with Crippen LogP contribution in [-0.4, -0.2) is 32.4 Å². The number of aromatic nitrogens is 2. The van der Waals surface area contributed by atoms with E-state index in [1.165, 1.54) is 19.3 Å². The quantitative estimate of drug-likeness (QED) is 0.588. The number of hydrogen-bond donors (Lipinski definition) is 2. The Morgan fingerprint density at radius 1 is 0.862 bits per heavy atom. The largest absolute Gasteiger partial charge is 0.503 e. The number of benzene rings is 2. The Hall–Kier alpha value is -3.41. The molecule has 6 heteroatoms. The first kappa shape index (κ1) is 20.3. The first-order valence-corrected chi connectivity index (χ1v) is 9.70. The van der Waals surface area contributed by atoms with E-state index in [0.717, 1.165) is 35.2 Å². The van der Waals surface area contributed by atoms with Crippen molar-refractivity contribution < 1.29 is 19.7 Å². The van der Waals surface area contributed by atoms with Gasteiger partial charge in [-0.15, -0.1) is 0 Å². The summed E-state index contributed by atoms with van der Waals surface area (Å²) in [5, 5.41) is 13.9. The van der Waals surface area contributed by atoms with Crippen molar-refractivity contribution in [2.24, 2.45) is 0 Å². The van der Waals surface area contributed by atoms with Gasteiger partial charge in [0.25, 0.3) is 0 Å². The fourth-order valence-corrected chi connectivity index (χ4v) is 3.40. The highest BCUT2D eigenvalue weighted by molar-refractivity contribution is 5.80. The van der Waals surface area contributed by atoms with E-state index in [1.54, 1.807) is 0 Å². The molecule has 0 radical (unpaired) electrons. The summed E-state index contributed by atoms with van der Waals surface area (Å²) in [4.78, 5) is 17.8. The predicted molar refractivity (Wildman–Crippen MR) is 111 cm³/mol. The normalized spacial score (nSPS) is 13.8. The van der Waals surface area contributed by atoms with Crippen molar-refractivity contribution in [1.29, 1.82) is 0 Å². The van der Waals surface area contributed by atoms with Crippen LogP contribution in [0.25, 0.3) is 22.4 Å². The molecule has 1 heterocycles. The topological polar surface area (TPSA) is 92.5 Å². The van der Waals surface area contributed by atoms with Crippen LogP contribution >= 0.6 is 0 Å². The van der Waals surface area contributed by atoms with E-state index >= 15 is 0 Å². The van der Waals surface area contributed by atoms with Crippen molar-refractivity contribution in [3.8, 4) is 28.4 Å². The van der Waals surface area contributed by atoms with E-state index in [4.69, 9.17) is 24.7 Å². The third-order valence-corrected chi connectivity index (χ3v) is 4.72. The van der Waals surface area contributed by atoms with Gasteiger partial charge in [0.2, 0.25) is 0 Å². The van der Waals surface area contributed by atoms with Gasteiger partial charge in [0, 0.05) is 17.3 Å². The fraction of sp³-hybridized carbons (Fsp3) is 0.261. The predicted octanol–water partition coefficient (Wildman–Crippen LogP) is 5.74. The molecule has 1 fully saturated rings. The Morgan fingerprint density at radius 2 is 1.41 bits per heavy atom. The second-order valence-corrected chi connectivity index (χ2v) is 6.81. The molecule has 0 spiro atoms. The minimum absolute atomic E-state index is 0.250. The van der Waals surface area contributed by atoms with Gasteiger partial charge in [-0.25, -0.2) is 9.78 Å². The lowest BCUT2D eigenvalue weighted by molar-refractivity contribution is 0.136. The van der Waals surface area contributed by atoms with E-state index < -0.39 is 6.16 Å². The van der Waals surface area contributed by atoms with Crippen molar-refractivity contribution in [3.05, 3.63) is 66.9 Å². The van der Waals surface area contributed by atoms with Gasteiger partial charge in [-0.2, -0.15) is 4.98 Å². The summed E-state index contributed by atoms with van der Waals surface area (Å²) in [5.74, 6) is 0. The van der Waals surface area contributed by atoms with Crippen LogP contribution < -0.4 is 4.74 Å². The molecule has 150 valence electrons. The number of carbonyl (C=O) groups is 1. The van der Waals surface area contributed by atoms with E-state index in [2.05, 4.69) is 29.2 Å². The van der Waals surface area contributed by atoms with Crippen molar-refractivity contribution >= 4 is 6.16 Å². The van der Waals surface area contributed by atoms with Gasteiger partial charge in [-0.05, 0) is 31.2 Å². The van der Waals surface area contributed by atoms with E-state index in [-0.39, 0.29) is 6.10 Å². The van der Waals surface area contributed by atoms with Gasteiger partial charge in [0.1, 0.15) is 6.10 Å². The van der Waals surface area contributed by atoms with Crippen LogP contribution in [0.2, 0.25) is 0 Å². The highest BCUT2D eigenvalue weighted by atomic mass is 16.6. The molecule has 0 amide bonds. The lowest BCUT2D eigenvalue weighted by Gasteiger charge is -2.22. The van der Waals surface area contributed by atoms with Gasteiger partial charge >= 0.3 is 12.2 Å². The third-order valence-electron chi connectivity index (χ3n) is 4.72. The van der Waals surface area contributed by atoms with Gasteiger partial charge in [-0.1, -0.05) is 67.1 Å². The Labute approximate surface area is 169 Å². The lowest BCUT2D eigenvalue weighted by atomic mass is 9.98. The molecule has 6 nitrogen and oxygen atoms in total. The average molecular weight is 392 g/mol. The second-order valence-electron chi connectivity index (χ2n) is 6.81. The molecule has 0 saturated heterocycles. The molecule has 3 aromatic rings. The summed E-state index contributed by atoms with van der Waals surface area (Å²) in [6.45, 7) is 0. The van der Waals surface area contributed by atoms with Gasteiger partial charge in [-0.3, -0.25) is 0 Å². The lowest BCUT2D eigenvalue weighted by Crippen LogP contribution is -2.20. The highest BCUT2D eigenvalue weighted by Crippen LogP contribution is 2.31. The minimum Gasteiger partial charge on any atom is -0.460 e. The van der Waals surface area contributed by atoms with Crippen LogP contribution in [0.5, 0.6) is 6.01 Å². The summed E-state index contributed by atoms with van der Waals surface area (Å²) < 4.78 is 6.09. The Morgan fingerprint density at radius 3 is 2.00 bits per heavy atom. The van der Waals surface area contributed by atoms with Gasteiger partial charge in [0.15, 0.2) is 0 Å². The monoisotopic (exact) mass is 392 g/mol. The Balaban J connectivity index is 0.000000552. The maximum Gasteiger partial charge on any atom is 0.503 e. The van der Waals surface area contributed by atoms with E-state index in [0.29, 0.717) is 6.01 Å². The summed E-state index contributed by atoms with van der Waals surface area (Å²) in [6.07, 6.45) is 6.29. The zero-order valence-corrected chi connectivity index (χ0v) is 16.1. The van der Waals surface area contributed by atoms with E-state index in [1.807, 2.05) is 42.6 Å². The van der Waals surface area contributed by atoms with Crippen LogP contribution in [0, 0.1) is 0 Å². The molecular weight excluding hydrogens is 368 g/mol. The Bertz CT molecular complexity index is 907. The van der Waals surface area contributed by atoms with E-state index in [9.17, 15) is 0 Å². The van der Waals surface area contributed by atoms with Crippen LogP contribution in [0.3, 0.4) is 0 Å². The highest BCUT2D eigenvalue weighted by Gasteiger charge is 2.18. The zero-order valence-electron chi connectivity index (χ0n) is 16.1. The molecule has 0 bridgehead atoms. The first-order valence-electron chi connectivity index (χ1n) is 9.70. The summed E-state index contributed by atoms with van der Waals surface area (Å²) in [7, 11) is 0. The number of ether oxygens (including phenoxy) is 1. The fourth-order valence-electron chi connectivity index (χ4n) is 3.40. The number of nitrogens with zero attached hydrogens (tertiary/aromatic N) is 2. The van der Waals surface area contributed by atoms with Crippen LogP contribution in [0.1, 0.15) is 32.1 Å². The van der Waals surface area contributed by atoms with Crippen molar-refractivity contribution in [3.63, 3.8) is 0 Å². The number of rotatable bonds is 4. The standard InChI is InChI=1S/C22H22N2O.CH2O3/c1-4-10-17(11-5-1)20-16-23-22(25-19-14-8-3-9-15-19)24-21(20)18-12-6-2-7-13-18;2-1(3)4/h1-2,4-7,10-13,16,19H,3,8-9,14-15H2;(H2,2,3,4). The van der Waals surface area contributed by atoms with Crippen LogP contribution in [-0.2, 0) is 0 Å². The summed E-state index contributed by atoms with van der Waals surface area (Å²) in [5.41, 5.74) is 4.15. The zero-order chi connectivity index (χ0) is 20.5. The van der Waals surface area contributed by atoms with Gasteiger partial charge in [0.05, 0.1) is 5.69 Å². The first-order chi connectivity index (χ1) is 14.1. The van der Waals surface area contributed by atoms with Crippen LogP contribution in [0.15, 0.2) is 66.9 Å². The summed E-state index contributed by atoms with van der Waals surface area (Å²) in [6, 6.07) is 21.0. The summed E-state index contributed by atoms with van der Waals surface area (Å²) >= 11 is 0. The SMILES string of the molecule is O=C(O)O.c1ccc(-c2cnc(OC3CCCCC3)nc2-c2ccccc2)cc1.